The van der Waals surface area contributed by atoms with E-state index in [4.69, 9.17) is 0 Å². The molecule has 0 spiro atoms. The maximum Gasteiger partial charge on any atom is 0.268 e. The number of hydrogen-bond acceptors (Lipinski definition) is 6. The molecule has 6 rings (SSSR count). The van der Waals surface area contributed by atoms with E-state index in [2.05, 4.69) is 16.0 Å². The lowest BCUT2D eigenvalue weighted by molar-refractivity contribution is 0.395. The minimum absolute atomic E-state index is 0.0669. The number of nitrogens with zero attached hydrogens (tertiary/aromatic N) is 5. The summed E-state index contributed by atoms with van der Waals surface area (Å²) in [5, 5.41) is 11.1. The van der Waals surface area contributed by atoms with Crippen molar-refractivity contribution in [2.45, 2.75) is 30.7 Å². The molecular formula is C29H25N5O3S. The molecule has 1 atom stereocenters. The minimum atomic E-state index is -3.91. The van der Waals surface area contributed by atoms with Crippen molar-refractivity contribution < 1.29 is 8.42 Å². The molecule has 38 heavy (non-hydrogen) atoms. The smallest absolute Gasteiger partial charge is 0.268 e. The zero-order valence-electron chi connectivity index (χ0n) is 20.8. The molecular weight excluding hydrogens is 498 g/mol. The number of piperidine rings is 1. The van der Waals surface area contributed by atoms with E-state index in [9.17, 15) is 18.5 Å². The zero-order valence-corrected chi connectivity index (χ0v) is 21.6. The summed E-state index contributed by atoms with van der Waals surface area (Å²) in [5.41, 5.74) is 3.05. The molecule has 0 saturated carbocycles. The molecule has 3 heterocycles. The molecule has 1 aliphatic heterocycles. The molecule has 5 aromatic rings. The Morgan fingerprint density at radius 2 is 1.79 bits per heavy atom. The SMILES string of the molecule is Cc1ccc(S(=O)(=O)n2ccc3c(N4CCCC(n5cnc6ccccc6c5=O)C4)ccc(C#N)c32)cc1. The van der Waals surface area contributed by atoms with E-state index in [1.165, 1.54) is 10.2 Å². The predicted molar refractivity (Wildman–Crippen MR) is 147 cm³/mol. The van der Waals surface area contributed by atoms with Gasteiger partial charge in [0.25, 0.3) is 15.6 Å². The average molecular weight is 524 g/mol. The van der Waals surface area contributed by atoms with Gasteiger partial charge in [-0.25, -0.2) is 17.4 Å². The van der Waals surface area contributed by atoms with E-state index in [1.54, 1.807) is 53.4 Å². The Labute approximate surface area is 220 Å². The van der Waals surface area contributed by atoms with Crippen LogP contribution in [0.15, 0.2) is 88.9 Å². The van der Waals surface area contributed by atoms with Gasteiger partial charge in [0.05, 0.1) is 39.2 Å². The van der Waals surface area contributed by atoms with E-state index in [1.807, 2.05) is 31.2 Å². The van der Waals surface area contributed by atoms with Crippen molar-refractivity contribution in [1.82, 2.24) is 13.5 Å². The van der Waals surface area contributed by atoms with Gasteiger partial charge in [-0.15, -0.1) is 0 Å². The fourth-order valence-electron chi connectivity index (χ4n) is 5.35. The van der Waals surface area contributed by atoms with Crippen LogP contribution in [-0.2, 0) is 10.0 Å². The lowest BCUT2D eigenvalue weighted by Crippen LogP contribution is -2.40. The topological polar surface area (TPSA) is 101 Å². The van der Waals surface area contributed by atoms with Gasteiger partial charge in [0.1, 0.15) is 6.07 Å². The Kier molecular flexibility index (Phi) is 5.77. The van der Waals surface area contributed by atoms with Crippen LogP contribution >= 0.6 is 0 Å². The number of nitriles is 1. The van der Waals surface area contributed by atoms with E-state index in [0.717, 1.165) is 30.6 Å². The second kappa shape index (κ2) is 9.15. The fraction of sp³-hybridized carbons (Fsp3) is 0.207. The van der Waals surface area contributed by atoms with Gasteiger partial charge in [0.15, 0.2) is 0 Å². The fourth-order valence-corrected chi connectivity index (χ4v) is 6.71. The van der Waals surface area contributed by atoms with Crippen molar-refractivity contribution in [1.29, 1.82) is 5.26 Å². The number of aryl methyl sites for hydroxylation is 1. The molecule has 3 aromatic carbocycles. The highest BCUT2D eigenvalue weighted by Gasteiger charge is 2.27. The third-order valence-electron chi connectivity index (χ3n) is 7.31. The molecule has 1 unspecified atom stereocenters. The number of aromatic nitrogens is 3. The number of rotatable bonds is 4. The summed E-state index contributed by atoms with van der Waals surface area (Å²) in [6.07, 6.45) is 4.83. The number of para-hydroxylation sites is 1. The average Bonchev–Trinajstić information content (AvgIpc) is 3.40. The molecule has 0 amide bonds. The van der Waals surface area contributed by atoms with Crippen molar-refractivity contribution in [3.8, 4) is 6.07 Å². The van der Waals surface area contributed by atoms with Crippen molar-refractivity contribution >= 4 is 37.5 Å². The van der Waals surface area contributed by atoms with Gasteiger partial charge in [0.2, 0.25) is 0 Å². The van der Waals surface area contributed by atoms with Gasteiger partial charge >= 0.3 is 0 Å². The van der Waals surface area contributed by atoms with Crippen LogP contribution < -0.4 is 10.5 Å². The molecule has 0 radical (unpaired) electrons. The maximum atomic E-state index is 13.6. The summed E-state index contributed by atoms with van der Waals surface area (Å²) in [6.45, 7) is 3.22. The quantitative estimate of drug-likeness (QED) is 0.341. The van der Waals surface area contributed by atoms with Gasteiger partial charge in [-0.2, -0.15) is 5.26 Å². The van der Waals surface area contributed by atoms with Gasteiger partial charge in [-0.3, -0.25) is 9.36 Å². The lowest BCUT2D eigenvalue weighted by Gasteiger charge is -2.35. The highest BCUT2D eigenvalue weighted by Crippen LogP contribution is 2.35. The Hall–Kier alpha value is -4.42. The third-order valence-corrected chi connectivity index (χ3v) is 9.00. The van der Waals surface area contributed by atoms with Gasteiger partial charge < -0.3 is 4.90 Å². The monoisotopic (exact) mass is 523 g/mol. The lowest BCUT2D eigenvalue weighted by atomic mass is 10.0. The van der Waals surface area contributed by atoms with E-state index < -0.39 is 10.0 Å². The van der Waals surface area contributed by atoms with Crippen LogP contribution in [0.5, 0.6) is 0 Å². The highest BCUT2D eigenvalue weighted by atomic mass is 32.2. The predicted octanol–water partition coefficient (Wildman–Crippen LogP) is 4.61. The summed E-state index contributed by atoms with van der Waals surface area (Å²) >= 11 is 0. The first-order valence-electron chi connectivity index (χ1n) is 12.5. The number of hydrogen-bond donors (Lipinski definition) is 0. The molecule has 1 fully saturated rings. The summed E-state index contributed by atoms with van der Waals surface area (Å²) in [5.74, 6) is 0. The van der Waals surface area contributed by atoms with E-state index >= 15 is 0 Å². The van der Waals surface area contributed by atoms with Crippen LogP contribution in [-0.4, -0.2) is 35.0 Å². The second-order valence-electron chi connectivity index (χ2n) is 9.65. The molecule has 190 valence electrons. The first kappa shape index (κ1) is 23.9. The molecule has 1 aliphatic rings. The van der Waals surface area contributed by atoms with Crippen molar-refractivity contribution in [2.75, 3.05) is 18.0 Å². The molecule has 9 heteroatoms. The molecule has 0 aliphatic carbocycles. The van der Waals surface area contributed by atoms with Crippen LogP contribution in [0.1, 0.15) is 30.0 Å². The second-order valence-corrected chi connectivity index (χ2v) is 11.5. The zero-order chi connectivity index (χ0) is 26.4. The maximum absolute atomic E-state index is 13.6. The molecule has 0 N–H and O–H groups in total. The first-order valence-corrected chi connectivity index (χ1v) is 13.9. The normalized spacial score (nSPS) is 16.1. The Morgan fingerprint density at radius 1 is 1.00 bits per heavy atom. The summed E-state index contributed by atoms with van der Waals surface area (Å²) in [7, 11) is -3.91. The van der Waals surface area contributed by atoms with Gasteiger partial charge in [0, 0.05) is 30.4 Å². The Balaban J connectivity index is 1.42. The Bertz CT molecular complexity index is 1900. The summed E-state index contributed by atoms with van der Waals surface area (Å²) in [6, 6.07) is 21.4. The van der Waals surface area contributed by atoms with Crippen molar-refractivity contribution in [3.05, 3.63) is 101 Å². The third kappa shape index (κ3) is 3.85. The molecule has 1 saturated heterocycles. The standard InChI is InChI=1S/C29H25N5O3S/c1-20-8-11-23(12-9-20)38(36,37)34-16-14-25-27(13-10-21(17-30)28(25)34)32-15-4-5-22(18-32)33-19-31-26-7-3-2-6-24(26)29(33)35/h2-3,6-14,16,19,22H,4-5,15,18H2,1H3. The number of anilines is 1. The van der Waals surface area contributed by atoms with Crippen LogP contribution in [0.25, 0.3) is 21.8 Å². The van der Waals surface area contributed by atoms with Crippen molar-refractivity contribution in [2.24, 2.45) is 0 Å². The van der Waals surface area contributed by atoms with Crippen molar-refractivity contribution in [3.63, 3.8) is 0 Å². The highest BCUT2D eigenvalue weighted by molar-refractivity contribution is 7.90. The van der Waals surface area contributed by atoms with E-state index in [-0.39, 0.29) is 22.1 Å². The summed E-state index contributed by atoms with van der Waals surface area (Å²) < 4.78 is 30.0. The van der Waals surface area contributed by atoms with Gasteiger partial charge in [-0.1, -0.05) is 29.8 Å². The minimum Gasteiger partial charge on any atom is -0.369 e. The van der Waals surface area contributed by atoms with Crippen LogP contribution in [0.2, 0.25) is 0 Å². The van der Waals surface area contributed by atoms with Gasteiger partial charge in [-0.05, 0) is 62.2 Å². The number of fused-ring (bicyclic) bond motifs is 2. The number of benzene rings is 3. The molecule has 0 bridgehead atoms. The molecule has 8 nitrogen and oxygen atoms in total. The largest absolute Gasteiger partial charge is 0.369 e. The summed E-state index contributed by atoms with van der Waals surface area (Å²) in [4.78, 5) is 20.1. The van der Waals surface area contributed by atoms with Crippen LogP contribution in [0, 0.1) is 18.3 Å². The first-order chi connectivity index (χ1) is 18.4. The molecule has 2 aromatic heterocycles. The van der Waals surface area contributed by atoms with E-state index in [0.29, 0.717) is 28.4 Å². The Morgan fingerprint density at radius 3 is 2.58 bits per heavy atom. The van der Waals surface area contributed by atoms with Crippen LogP contribution in [0.4, 0.5) is 5.69 Å². The van der Waals surface area contributed by atoms with Crippen LogP contribution in [0.3, 0.4) is 0 Å².